The Labute approximate surface area is 163 Å². The van der Waals surface area contributed by atoms with E-state index in [1.165, 1.54) is 0 Å². The number of ether oxygens (including phenoxy) is 1. The second-order valence-electron chi connectivity index (χ2n) is 6.86. The van der Waals surface area contributed by atoms with Crippen LogP contribution < -0.4 is 4.74 Å². The Morgan fingerprint density at radius 3 is 2.61 bits per heavy atom. The molecule has 2 aromatic carbocycles. The van der Waals surface area contributed by atoms with E-state index >= 15 is 0 Å². The largest absolute Gasteiger partial charge is 0.494 e. The predicted molar refractivity (Wildman–Crippen MR) is 104 cm³/mol. The number of tetrazole rings is 1. The third-order valence-corrected chi connectivity index (χ3v) is 5.03. The standard InChI is InChI=1S/C21H23N5O2/c1-2-28-19-11-9-17(10-12-19)20-4-3-13-26(20)21(27)18-7-5-16(6-8-18)14-25-15-22-23-24-25/h5-12,15,20H,2-4,13-14H2,1H3. The first-order valence-electron chi connectivity index (χ1n) is 9.58. The molecule has 1 fully saturated rings. The highest BCUT2D eigenvalue weighted by Gasteiger charge is 2.30. The molecule has 0 saturated carbocycles. The van der Waals surface area contributed by atoms with Crippen LogP contribution in [0, 0.1) is 0 Å². The van der Waals surface area contributed by atoms with Crippen molar-refractivity contribution in [2.75, 3.05) is 13.2 Å². The van der Waals surface area contributed by atoms with Crippen LogP contribution in [0.1, 0.15) is 47.3 Å². The first kappa shape index (κ1) is 18.2. The van der Waals surface area contributed by atoms with Crippen LogP contribution in [0.5, 0.6) is 5.75 Å². The Bertz CT molecular complexity index is 907. The average Bonchev–Trinajstić information content (AvgIpc) is 3.41. The van der Waals surface area contributed by atoms with Gasteiger partial charge in [-0.15, -0.1) is 5.10 Å². The van der Waals surface area contributed by atoms with Crippen LogP contribution in [-0.4, -0.2) is 44.2 Å². The van der Waals surface area contributed by atoms with Crippen molar-refractivity contribution in [3.8, 4) is 5.75 Å². The van der Waals surface area contributed by atoms with Crippen molar-refractivity contribution in [1.82, 2.24) is 25.1 Å². The monoisotopic (exact) mass is 377 g/mol. The van der Waals surface area contributed by atoms with Crippen molar-refractivity contribution in [3.63, 3.8) is 0 Å². The van der Waals surface area contributed by atoms with Crippen LogP contribution in [0.3, 0.4) is 0 Å². The summed E-state index contributed by atoms with van der Waals surface area (Å²) < 4.78 is 7.17. The zero-order chi connectivity index (χ0) is 19.3. The average molecular weight is 377 g/mol. The molecular formula is C21H23N5O2. The fourth-order valence-electron chi connectivity index (χ4n) is 3.67. The Morgan fingerprint density at radius 1 is 1.14 bits per heavy atom. The SMILES string of the molecule is CCOc1ccc(C2CCCN2C(=O)c2ccc(Cn3cnnn3)cc2)cc1. The van der Waals surface area contributed by atoms with Gasteiger partial charge in [-0.1, -0.05) is 24.3 Å². The Kier molecular flexibility index (Phi) is 5.32. The molecule has 1 aliphatic heterocycles. The molecule has 1 atom stereocenters. The number of hydrogen-bond acceptors (Lipinski definition) is 5. The molecule has 28 heavy (non-hydrogen) atoms. The van der Waals surface area contributed by atoms with Gasteiger partial charge >= 0.3 is 0 Å². The van der Waals surface area contributed by atoms with Crippen molar-refractivity contribution in [1.29, 1.82) is 0 Å². The van der Waals surface area contributed by atoms with Gasteiger partial charge in [0.05, 0.1) is 19.2 Å². The molecule has 0 radical (unpaired) electrons. The number of amides is 1. The summed E-state index contributed by atoms with van der Waals surface area (Å²) in [6, 6.07) is 15.9. The molecule has 144 valence electrons. The summed E-state index contributed by atoms with van der Waals surface area (Å²) in [7, 11) is 0. The van der Waals surface area contributed by atoms with E-state index < -0.39 is 0 Å². The van der Waals surface area contributed by atoms with E-state index in [1.807, 2.05) is 48.2 Å². The molecule has 7 nitrogen and oxygen atoms in total. The van der Waals surface area contributed by atoms with Crippen molar-refractivity contribution in [3.05, 3.63) is 71.5 Å². The number of benzene rings is 2. The van der Waals surface area contributed by atoms with Gasteiger partial charge in [0.25, 0.3) is 5.91 Å². The van der Waals surface area contributed by atoms with Crippen LogP contribution in [0.25, 0.3) is 0 Å². The third-order valence-electron chi connectivity index (χ3n) is 5.03. The molecule has 3 aromatic rings. The van der Waals surface area contributed by atoms with E-state index in [4.69, 9.17) is 4.74 Å². The topological polar surface area (TPSA) is 73.1 Å². The lowest BCUT2D eigenvalue weighted by molar-refractivity contribution is 0.0735. The summed E-state index contributed by atoms with van der Waals surface area (Å²) in [5.74, 6) is 0.936. The molecule has 0 bridgehead atoms. The molecule has 1 aliphatic rings. The quantitative estimate of drug-likeness (QED) is 0.660. The normalized spacial score (nSPS) is 16.3. The maximum atomic E-state index is 13.1. The lowest BCUT2D eigenvalue weighted by atomic mass is 10.0. The van der Waals surface area contributed by atoms with Crippen molar-refractivity contribution < 1.29 is 9.53 Å². The zero-order valence-corrected chi connectivity index (χ0v) is 15.9. The number of likely N-dealkylation sites (tertiary alicyclic amines) is 1. The lowest BCUT2D eigenvalue weighted by Gasteiger charge is -2.25. The minimum absolute atomic E-state index is 0.0744. The Balaban J connectivity index is 1.47. The van der Waals surface area contributed by atoms with Crippen LogP contribution in [0.4, 0.5) is 0 Å². The van der Waals surface area contributed by atoms with Gasteiger partial charge in [-0.3, -0.25) is 4.79 Å². The molecule has 7 heteroatoms. The summed E-state index contributed by atoms with van der Waals surface area (Å²) in [5.41, 5.74) is 2.91. The highest BCUT2D eigenvalue weighted by molar-refractivity contribution is 5.94. The van der Waals surface area contributed by atoms with Gasteiger partial charge in [0.15, 0.2) is 0 Å². The van der Waals surface area contributed by atoms with E-state index in [0.29, 0.717) is 18.7 Å². The summed E-state index contributed by atoms with van der Waals surface area (Å²) in [4.78, 5) is 15.1. The van der Waals surface area contributed by atoms with Crippen LogP contribution in [-0.2, 0) is 6.54 Å². The molecular weight excluding hydrogens is 354 g/mol. The van der Waals surface area contributed by atoms with Gasteiger partial charge in [-0.2, -0.15) is 0 Å². The number of carbonyl (C=O) groups is 1. The first-order valence-corrected chi connectivity index (χ1v) is 9.58. The molecule has 4 rings (SSSR count). The number of hydrogen-bond donors (Lipinski definition) is 0. The maximum absolute atomic E-state index is 13.1. The fraction of sp³-hybridized carbons (Fsp3) is 0.333. The number of aromatic nitrogens is 4. The fourth-order valence-corrected chi connectivity index (χ4v) is 3.67. The minimum Gasteiger partial charge on any atom is -0.494 e. The van der Waals surface area contributed by atoms with E-state index in [9.17, 15) is 4.79 Å². The second kappa shape index (κ2) is 8.21. The molecule has 0 spiro atoms. The first-order chi connectivity index (χ1) is 13.7. The highest BCUT2D eigenvalue weighted by Crippen LogP contribution is 2.34. The summed E-state index contributed by atoms with van der Waals surface area (Å²) in [6.07, 6.45) is 3.57. The van der Waals surface area contributed by atoms with Crippen LogP contribution >= 0.6 is 0 Å². The van der Waals surface area contributed by atoms with Gasteiger partial charge in [-0.05, 0) is 65.6 Å². The van der Waals surface area contributed by atoms with Gasteiger partial charge in [-0.25, -0.2) is 4.68 Å². The number of rotatable bonds is 6. The van der Waals surface area contributed by atoms with Gasteiger partial charge in [0, 0.05) is 12.1 Å². The number of carbonyl (C=O) groups excluding carboxylic acids is 1. The number of nitrogens with zero attached hydrogens (tertiary/aromatic N) is 5. The van der Waals surface area contributed by atoms with Crippen LogP contribution in [0.15, 0.2) is 54.9 Å². The maximum Gasteiger partial charge on any atom is 0.254 e. The van der Waals surface area contributed by atoms with Crippen molar-refractivity contribution >= 4 is 5.91 Å². The van der Waals surface area contributed by atoms with Crippen molar-refractivity contribution in [2.24, 2.45) is 0 Å². The molecule has 1 saturated heterocycles. The molecule has 0 aliphatic carbocycles. The van der Waals surface area contributed by atoms with Gasteiger partial charge in [0.1, 0.15) is 12.1 Å². The zero-order valence-electron chi connectivity index (χ0n) is 15.9. The predicted octanol–water partition coefficient (Wildman–Crippen LogP) is 3.10. The van der Waals surface area contributed by atoms with E-state index in [1.54, 1.807) is 11.0 Å². The van der Waals surface area contributed by atoms with Crippen LogP contribution in [0.2, 0.25) is 0 Å². The Hall–Kier alpha value is -3.22. The van der Waals surface area contributed by atoms with E-state index in [-0.39, 0.29) is 11.9 Å². The third kappa shape index (κ3) is 3.88. The minimum atomic E-state index is 0.0744. The summed E-state index contributed by atoms with van der Waals surface area (Å²) in [5, 5.41) is 11.1. The highest BCUT2D eigenvalue weighted by atomic mass is 16.5. The second-order valence-corrected chi connectivity index (χ2v) is 6.86. The molecule has 1 unspecified atom stereocenters. The van der Waals surface area contributed by atoms with E-state index in [2.05, 4.69) is 27.7 Å². The lowest BCUT2D eigenvalue weighted by Crippen LogP contribution is -2.30. The van der Waals surface area contributed by atoms with Crippen molar-refractivity contribution in [2.45, 2.75) is 32.4 Å². The molecule has 0 N–H and O–H groups in total. The molecule has 1 aromatic heterocycles. The smallest absolute Gasteiger partial charge is 0.254 e. The summed E-state index contributed by atoms with van der Waals surface area (Å²) >= 11 is 0. The van der Waals surface area contributed by atoms with E-state index in [0.717, 1.165) is 36.3 Å². The van der Waals surface area contributed by atoms with Gasteiger partial charge < -0.3 is 9.64 Å². The molecule has 1 amide bonds. The van der Waals surface area contributed by atoms with Gasteiger partial charge in [0.2, 0.25) is 0 Å². The summed E-state index contributed by atoms with van der Waals surface area (Å²) in [6.45, 7) is 3.99. The molecule has 2 heterocycles. The Morgan fingerprint density at radius 2 is 1.93 bits per heavy atom.